The van der Waals surface area contributed by atoms with E-state index < -0.39 is 31.9 Å². The van der Waals surface area contributed by atoms with Gasteiger partial charge in [0.25, 0.3) is 0 Å². The lowest BCUT2D eigenvalue weighted by molar-refractivity contribution is 0.000461. The summed E-state index contributed by atoms with van der Waals surface area (Å²) in [6, 6.07) is 4.77. The molecule has 2 amide bonds. The van der Waals surface area contributed by atoms with E-state index in [0.29, 0.717) is 11.3 Å². The van der Waals surface area contributed by atoms with Crippen LogP contribution in [0.4, 0.5) is 25.0 Å². The van der Waals surface area contributed by atoms with E-state index in [4.69, 9.17) is 6.57 Å². The van der Waals surface area contributed by atoms with Crippen LogP contribution in [0.15, 0.2) is 41.6 Å². The monoisotopic (exact) mass is 435 g/mol. The van der Waals surface area contributed by atoms with Crippen LogP contribution in [0.5, 0.6) is 0 Å². The largest absolute Gasteiger partial charge is 0.351 e. The SMILES string of the molecule is [C-]#[N+]c1cc(C)ccc1S(=O)(=O)C(F)(F)C1CCN(C(=O)Nc2ccnnc2)CC1. The van der Waals surface area contributed by atoms with E-state index >= 15 is 8.78 Å². The summed E-state index contributed by atoms with van der Waals surface area (Å²) in [6.07, 6.45) is 2.37. The van der Waals surface area contributed by atoms with Crippen LogP contribution in [-0.2, 0) is 9.84 Å². The normalized spacial score (nSPS) is 15.5. The third kappa shape index (κ3) is 4.09. The second-order valence-electron chi connectivity index (χ2n) is 6.97. The number of aromatic nitrogens is 2. The molecule has 1 aliphatic heterocycles. The Bertz CT molecular complexity index is 1080. The van der Waals surface area contributed by atoms with Crippen LogP contribution in [0.3, 0.4) is 0 Å². The van der Waals surface area contributed by atoms with Gasteiger partial charge in [-0.15, -0.1) is 0 Å². The highest BCUT2D eigenvalue weighted by Gasteiger charge is 2.53. The van der Waals surface area contributed by atoms with Gasteiger partial charge in [0, 0.05) is 19.0 Å². The summed E-state index contributed by atoms with van der Waals surface area (Å²) >= 11 is 0. The number of urea groups is 1. The molecule has 2 aromatic rings. The Labute approximate surface area is 172 Å². The fourth-order valence-electron chi connectivity index (χ4n) is 3.29. The van der Waals surface area contributed by atoms with Gasteiger partial charge in [-0.2, -0.15) is 19.0 Å². The van der Waals surface area contributed by atoms with E-state index in [1.165, 1.54) is 35.5 Å². The highest BCUT2D eigenvalue weighted by Crippen LogP contribution is 2.43. The summed E-state index contributed by atoms with van der Waals surface area (Å²) in [5.74, 6) is -1.46. The molecule has 1 saturated heterocycles. The standard InChI is InChI=1S/C19H19F2N5O3S/c1-13-3-4-17(16(11-13)22-2)30(28,29)19(20,21)14-6-9-26(10-7-14)18(27)25-15-5-8-23-24-12-15/h3-5,8,11-12,14H,6-7,9-10H2,1H3,(H,23,25,27). The first-order valence-electron chi connectivity index (χ1n) is 9.10. The Kier molecular flexibility index (Phi) is 5.98. The Balaban J connectivity index is 1.72. The molecule has 0 aliphatic carbocycles. The molecule has 2 heterocycles. The number of piperidine rings is 1. The molecule has 1 aromatic carbocycles. The van der Waals surface area contributed by atoms with Crippen molar-refractivity contribution in [3.63, 3.8) is 0 Å². The molecule has 11 heteroatoms. The molecule has 0 unspecified atom stereocenters. The van der Waals surface area contributed by atoms with Gasteiger partial charge in [-0.25, -0.2) is 18.1 Å². The number of carbonyl (C=O) groups is 1. The number of carbonyl (C=O) groups excluding carboxylic acids is 1. The molecule has 158 valence electrons. The van der Waals surface area contributed by atoms with Gasteiger partial charge in [0.1, 0.15) is 0 Å². The minimum absolute atomic E-state index is 0.0241. The number of hydrogen-bond donors (Lipinski definition) is 1. The topological polar surface area (TPSA) is 96.6 Å². The van der Waals surface area contributed by atoms with Crippen LogP contribution in [0.2, 0.25) is 0 Å². The summed E-state index contributed by atoms with van der Waals surface area (Å²) in [4.78, 5) is 16.1. The van der Waals surface area contributed by atoms with E-state index in [0.717, 1.165) is 6.07 Å². The number of likely N-dealkylation sites (tertiary alicyclic amines) is 1. The maximum atomic E-state index is 15.0. The highest BCUT2D eigenvalue weighted by atomic mass is 32.2. The molecule has 0 saturated carbocycles. The van der Waals surface area contributed by atoms with Crippen molar-refractivity contribution in [1.82, 2.24) is 15.1 Å². The molecule has 1 aliphatic rings. The van der Waals surface area contributed by atoms with Crippen LogP contribution >= 0.6 is 0 Å². The second-order valence-corrected chi connectivity index (χ2v) is 8.96. The zero-order valence-corrected chi connectivity index (χ0v) is 16.9. The molecule has 0 spiro atoms. The predicted octanol–water partition coefficient (Wildman–Crippen LogP) is 3.65. The molecular formula is C19H19F2N5O3S. The number of nitrogens with one attached hydrogen (secondary N) is 1. The molecule has 1 N–H and O–H groups in total. The number of alkyl halides is 2. The van der Waals surface area contributed by atoms with Gasteiger partial charge in [0.2, 0.25) is 15.5 Å². The summed E-state index contributed by atoms with van der Waals surface area (Å²) in [7, 11) is -5.07. The number of halogens is 2. The van der Waals surface area contributed by atoms with Gasteiger partial charge in [0.15, 0.2) is 0 Å². The van der Waals surface area contributed by atoms with E-state index in [2.05, 4.69) is 20.4 Å². The fourth-order valence-corrected chi connectivity index (χ4v) is 4.89. The molecular weight excluding hydrogens is 416 g/mol. The maximum Gasteiger partial charge on any atom is 0.351 e. The number of rotatable bonds is 4. The van der Waals surface area contributed by atoms with Gasteiger partial charge in [0.05, 0.1) is 29.5 Å². The number of anilines is 1. The van der Waals surface area contributed by atoms with Crippen molar-refractivity contribution in [1.29, 1.82) is 0 Å². The number of hydrogen-bond acceptors (Lipinski definition) is 5. The third-order valence-corrected chi connectivity index (χ3v) is 6.95. The number of amides is 2. The van der Waals surface area contributed by atoms with E-state index in [1.54, 1.807) is 6.92 Å². The van der Waals surface area contributed by atoms with Crippen molar-refractivity contribution < 1.29 is 22.0 Å². The number of nitrogens with zero attached hydrogens (tertiary/aromatic N) is 4. The van der Waals surface area contributed by atoms with Crippen LogP contribution < -0.4 is 5.32 Å². The summed E-state index contributed by atoms with van der Waals surface area (Å²) < 4.78 is 55.5. The Morgan fingerprint density at radius 1 is 1.27 bits per heavy atom. The molecule has 1 fully saturated rings. The summed E-state index contributed by atoms with van der Waals surface area (Å²) in [5.41, 5.74) is 0.695. The van der Waals surface area contributed by atoms with Gasteiger partial charge < -0.3 is 10.2 Å². The molecule has 8 nitrogen and oxygen atoms in total. The lowest BCUT2D eigenvalue weighted by Gasteiger charge is -2.35. The fraction of sp³-hybridized carbons (Fsp3) is 0.368. The minimum Gasteiger partial charge on any atom is -0.325 e. The number of aryl methyl sites for hydroxylation is 1. The van der Waals surface area contributed by atoms with Crippen LogP contribution in [-0.4, -0.2) is 47.9 Å². The lowest BCUT2D eigenvalue weighted by atomic mass is 9.97. The first-order valence-corrected chi connectivity index (χ1v) is 10.6. The third-order valence-electron chi connectivity index (χ3n) is 4.98. The average Bonchev–Trinajstić information content (AvgIpc) is 2.74. The quantitative estimate of drug-likeness (QED) is 0.740. The second kappa shape index (κ2) is 8.31. The molecule has 0 radical (unpaired) electrons. The number of sulfone groups is 1. The van der Waals surface area contributed by atoms with Crippen molar-refractivity contribution >= 4 is 27.2 Å². The van der Waals surface area contributed by atoms with Crippen LogP contribution in [0.1, 0.15) is 18.4 Å². The van der Waals surface area contributed by atoms with Gasteiger partial charge in [-0.1, -0.05) is 23.8 Å². The molecule has 30 heavy (non-hydrogen) atoms. The molecule has 3 rings (SSSR count). The van der Waals surface area contributed by atoms with Crippen molar-refractivity contribution in [3.05, 3.63) is 53.6 Å². The van der Waals surface area contributed by atoms with Gasteiger partial charge in [-0.05, 0) is 25.8 Å². The van der Waals surface area contributed by atoms with Crippen LogP contribution in [0.25, 0.3) is 4.85 Å². The Morgan fingerprint density at radius 3 is 2.57 bits per heavy atom. The van der Waals surface area contributed by atoms with Crippen molar-refractivity contribution in [2.75, 3.05) is 18.4 Å². The van der Waals surface area contributed by atoms with E-state index in [1.807, 2.05) is 0 Å². The number of benzene rings is 1. The molecule has 0 bridgehead atoms. The lowest BCUT2D eigenvalue weighted by Crippen LogP contribution is -2.47. The predicted molar refractivity (Wildman–Crippen MR) is 105 cm³/mol. The Morgan fingerprint density at radius 2 is 1.97 bits per heavy atom. The highest BCUT2D eigenvalue weighted by molar-refractivity contribution is 7.92. The smallest absolute Gasteiger partial charge is 0.325 e. The van der Waals surface area contributed by atoms with Crippen molar-refractivity contribution in [3.8, 4) is 0 Å². The van der Waals surface area contributed by atoms with Crippen molar-refractivity contribution in [2.45, 2.75) is 29.9 Å². The average molecular weight is 435 g/mol. The van der Waals surface area contributed by atoms with Gasteiger partial charge in [-0.3, -0.25) is 0 Å². The molecule has 1 aromatic heterocycles. The summed E-state index contributed by atoms with van der Waals surface area (Å²) in [6.45, 7) is 8.73. The summed E-state index contributed by atoms with van der Waals surface area (Å²) in [5, 5.41) is 5.76. The first kappa shape index (κ1) is 21.6. The maximum absolute atomic E-state index is 15.0. The minimum atomic E-state index is -5.07. The van der Waals surface area contributed by atoms with Crippen LogP contribution in [0, 0.1) is 19.4 Å². The van der Waals surface area contributed by atoms with Gasteiger partial charge >= 0.3 is 11.3 Å². The zero-order valence-electron chi connectivity index (χ0n) is 16.0. The van der Waals surface area contributed by atoms with Crippen molar-refractivity contribution in [2.24, 2.45) is 5.92 Å². The van der Waals surface area contributed by atoms with E-state index in [9.17, 15) is 13.2 Å². The Hall–Kier alpha value is -3.13. The molecule has 0 atom stereocenters. The zero-order chi connectivity index (χ0) is 21.9. The first-order chi connectivity index (χ1) is 14.2. The van der Waals surface area contributed by atoms with E-state index in [-0.39, 0.29) is 31.6 Å².